The molecule has 1 aromatic carbocycles. The third kappa shape index (κ3) is 2.88. The van der Waals surface area contributed by atoms with Crippen molar-refractivity contribution in [3.63, 3.8) is 0 Å². The van der Waals surface area contributed by atoms with Gasteiger partial charge in [0.15, 0.2) is 0 Å². The smallest absolute Gasteiger partial charge is 0.122 e. The van der Waals surface area contributed by atoms with Crippen LogP contribution in [0.3, 0.4) is 0 Å². The molecule has 1 unspecified atom stereocenters. The van der Waals surface area contributed by atoms with Gasteiger partial charge in [0.1, 0.15) is 5.76 Å². The molecule has 1 atom stereocenters. The highest BCUT2D eigenvalue weighted by molar-refractivity contribution is 6.31. The summed E-state index contributed by atoms with van der Waals surface area (Å²) >= 11 is 6.19. The van der Waals surface area contributed by atoms with E-state index >= 15 is 0 Å². The van der Waals surface area contributed by atoms with E-state index in [1.54, 1.807) is 6.26 Å². The fourth-order valence-electron chi connectivity index (χ4n) is 1.77. The Morgan fingerprint density at radius 3 is 2.82 bits per heavy atom. The largest absolute Gasteiger partial charge is 0.468 e. The molecule has 0 spiro atoms. The summed E-state index contributed by atoms with van der Waals surface area (Å²) in [5, 5.41) is 0.761. The molecule has 0 aliphatic rings. The Morgan fingerprint density at radius 2 is 2.24 bits per heavy atom. The van der Waals surface area contributed by atoms with Gasteiger partial charge in [0.25, 0.3) is 0 Å². The molecule has 0 saturated heterocycles. The molecule has 90 valence electrons. The van der Waals surface area contributed by atoms with E-state index in [2.05, 4.69) is 5.43 Å². The number of benzene rings is 1. The number of nitrogens with two attached hydrogens (primary N) is 1. The maximum atomic E-state index is 6.19. The molecule has 2 aromatic rings. The molecule has 4 heteroatoms. The Hall–Kier alpha value is -1.29. The third-order valence-corrected chi connectivity index (χ3v) is 3.07. The zero-order chi connectivity index (χ0) is 12.3. The normalized spacial score (nSPS) is 12.6. The fraction of sp³-hybridized carbons (Fsp3) is 0.231. The van der Waals surface area contributed by atoms with Crippen LogP contribution in [0.5, 0.6) is 0 Å². The summed E-state index contributed by atoms with van der Waals surface area (Å²) in [6, 6.07) is 9.68. The van der Waals surface area contributed by atoms with Crippen molar-refractivity contribution in [1.82, 2.24) is 5.43 Å². The number of hydrogen-bond acceptors (Lipinski definition) is 3. The van der Waals surface area contributed by atoms with Crippen LogP contribution in [0, 0.1) is 6.92 Å². The Bertz CT molecular complexity index is 482. The van der Waals surface area contributed by atoms with Gasteiger partial charge in [-0.25, -0.2) is 5.43 Å². The molecule has 0 saturated carbocycles. The summed E-state index contributed by atoms with van der Waals surface area (Å²) in [5.74, 6) is 6.35. The monoisotopic (exact) mass is 250 g/mol. The molecule has 0 aliphatic heterocycles. The van der Waals surface area contributed by atoms with Gasteiger partial charge in [0, 0.05) is 5.02 Å². The lowest BCUT2D eigenvalue weighted by Gasteiger charge is -2.14. The van der Waals surface area contributed by atoms with Crippen LogP contribution in [0.25, 0.3) is 0 Å². The van der Waals surface area contributed by atoms with E-state index in [9.17, 15) is 0 Å². The number of nitrogens with one attached hydrogen (secondary N) is 1. The van der Waals surface area contributed by atoms with E-state index in [0.717, 1.165) is 21.9 Å². The minimum atomic E-state index is -0.0646. The second-order valence-corrected chi connectivity index (χ2v) is 4.44. The fourth-order valence-corrected chi connectivity index (χ4v) is 2.08. The maximum Gasteiger partial charge on any atom is 0.122 e. The van der Waals surface area contributed by atoms with Crippen LogP contribution in [-0.2, 0) is 6.42 Å². The second-order valence-electron chi connectivity index (χ2n) is 4.03. The van der Waals surface area contributed by atoms with E-state index in [4.69, 9.17) is 21.9 Å². The molecule has 0 bridgehead atoms. The van der Waals surface area contributed by atoms with Crippen LogP contribution < -0.4 is 11.3 Å². The molecule has 1 heterocycles. The van der Waals surface area contributed by atoms with Crippen LogP contribution in [0.2, 0.25) is 5.02 Å². The number of rotatable bonds is 4. The van der Waals surface area contributed by atoms with Crippen LogP contribution in [0.1, 0.15) is 22.9 Å². The summed E-state index contributed by atoms with van der Waals surface area (Å²) in [7, 11) is 0. The minimum absolute atomic E-state index is 0.0646. The molecule has 0 amide bonds. The van der Waals surface area contributed by atoms with Crippen molar-refractivity contribution < 1.29 is 4.42 Å². The minimum Gasteiger partial charge on any atom is -0.468 e. The van der Waals surface area contributed by atoms with Gasteiger partial charge in [-0.15, -0.1) is 0 Å². The second kappa shape index (κ2) is 5.36. The van der Waals surface area contributed by atoms with Crippen LogP contribution in [0.15, 0.2) is 41.0 Å². The van der Waals surface area contributed by atoms with Crippen LogP contribution in [-0.4, -0.2) is 0 Å². The molecule has 3 nitrogen and oxygen atoms in total. The molecule has 2 rings (SSSR count). The first kappa shape index (κ1) is 12.2. The Balaban J connectivity index is 2.19. The maximum absolute atomic E-state index is 6.19. The highest BCUT2D eigenvalue weighted by atomic mass is 35.5. The molecular formula is C13H15ClN2O. The Labute approximate surface area is 106 Å². The van der Waals surface area contributed by atoms with Crippen molar-refractivity contribution in [3.8, 4) is 0 Å². The summed E-state index contributed by atoms with van der Waals surface area (Å²) < 4.78 is 5.34. The van der Waals surface area contributed by atoms with Gasteiger partial charge in [-0.3, -0.25) is 5.84 Å². The molecule has 0 aliphatic carbocycles. The van der Waals surface area contributed by atoms with E-state index in [1.165, 1.54) is 0 Å². The quantitative estimate of drug-likeness (QED) is 0.648. The van der Waals surface area contributed by atoms with E-state index in [-0.39, 0.29) is 6.04 Å². The third-order valence-electron chi connectivity index (χ3n) is 2.72. The van der Waals surface area contributed by atoms with Gasteiger partial charge in [-0.05, 0) is 42.7 Å². The SMILES string of the molecule is Cc1ccc(CC(NN)c2ccco2)c(Cl)c1. The van der Waals surface area contributed by atoms with Crippen molar-refractivity contribution in [2.75, 3.05) is 0 Å². The van der Waals surface area contributed by atoms with Gasteiger partial charge in [-0.1, -0.05) is 23.7 Å². The first-order valence-electron chi connectivity index (χ1n) is 5.45. The lowest BCUT2D eigenvalue weighted by atomic mass is 10.0. The highest BCUT2D eigenvalue weighted by Gasteiger charge is 2.14. The Morgan fingerprint density at radius 1 is 1.41 bits per heavy atom. The summed E-state index contributed by atoms with van der Waals surface area (Å²) in [6.45, 7) is 2.01. The summed E-state index contributed by atoms with van der Waals surface area (Å²) in [5.41, 5.74) is 4.94. The highest BCUT2D eigenvalue weighted by Crippen LogP contribution is 2.24. The van der Waals surface area contributed by atoms with Crippen molar-refractivity contribution >= 4 is 11.6 Å². The Kier molecular flexibility index (Phi) is 3.84. The van der Waals surface area contributed by atoms with E-state index in [0.29, 0.717) is 6.42 Å². The molecule has 0 radical (unpaired) electrons. The first-order valence-corrected chi connectivity index (χ1v) is 5.83. The van der Waals surface area contributed by atoms with Gasteiger partial charge >= 0.3 is 0 Å². The van der Waals surface area contributed by atoms with Crippen molar-refractivity contribution in [2.24, 2.45) is 5.84 Å². The van der Waals surface area contributed by atoms with E-state index in [1.807, 2.05) is 37.3 Å². The van der Waals surface area contributed by atoms with Gasteiger partial charge in [0.2, 0.25) is 0 Å². The zero-order valence-corrected chi connectivity index (χ0v) is 10.4. The molecular weight excluding hydrogens is 236 g/mol. The van der Waals surface area contributed by atoms with Crippen molar-refractivity contribution in [1.29, 1.82) is 0 Å². The van der Waals surface area contributed by atoms with Crippen LogP contribution >= 0.6 is 11.6 Å². The molecule has 0 fully saturated rings. The number of hydrazine groups is 1. The number of halogens is 1. The average Bonchev–Trinajstić information content (AvgIpc) is 2.81. The number of furan rings is 1. The van der Waals surface area contributed by atoms with Crippen LogP contribution in [0.4, 0.5) is 0 Å². The lowest BCUT2D eigenvalue weighted by molar-refractivity contribution is 0.416. The first-order chi connectivity index (χ1) is 8.20. The average molecular weight is 251 g/mol. The molecule has 17 heavy (non-hydrogen) atoms. The molecule has 3 N–H and O–H groups in total. The van der Waals surface area contributed by atoms with Crippen molar-refractivity contribution in [3.05, 3.63) is 58.5 Å². The standard InChI is InChI=1S/C13H15ClN2O/c1-9-4-5-10(11(14)7-9)8-12(16-15)13-3-2-6-17-13/h2-7,12,16H,8,15H2,1H3. The van der Waals surface area contributed by atoms with Gasteiger partial charge < -0.3 is 4.42 Å². The topological polar surface area (TPSA) is 51.2 Å². The zero-order valence-electron chi connectivity index (χ0n) is 9.61. The summed E-state index contributed by atoms with van der Waals surface area (Å²) in [4.78, 5) is 0. The van der Waals surface area contributed by atoms with Gasteiger partial charge in [0.05, 0.1) is 12.3 Å². The summed E-state index contributed by atoms with van der Waals surface area (Å²) in [6.07, 6.45) is 2.33. The number of aryl methyl sites for hydroxylation is 1. The van der Waals surface area contributed by atoms with E-state index < -0.39 is 0 Å². The molecule has 1 aromatic heterocycles. The predicted molar refractivity (Wildman–Crippen MR) is 68.7 cm³/mol. The number of hydrogen-bond donors (Lipinski definition) is 2. The lowest BCUT2D eigenvalue weighted by Crippen LogP contribution is -2.29. The predicted octanol–water partition coefficient (Wildman–Crippen LogP) is 2.99. The van der Waals surface area contributed by atoms with Gasteiger partial charge in [-0.2, -0.15) is 0 Å². The van der Waals surface area contributed by atoms with Crippen molar-refractivity contribution in [2.45, 2.75) is 19.4 Å².